The molecule has 2 aromatic rings. The third-order valence-electron chi connectivity index (χ3n) is 5.18. The highest BCUT2D eigenvalue weighted by Crippen LogP contribution is 2.29. The van der Waals surface area contributed by atoms with Gasteiger partial charge in [0, 0.05) is 25.2 Å². The van der Waals surface area contributed by atoms with Gasteiger partial charge in [-0.3, -0.25) is 9.59 Å². The Hall–Kier alpha value is -3.02. The lowest BCUT2D eigenvalue weighted by Crippen LogP contribution is -2.28. The van der Waals surface area contributed by atoms with Gasteiger partial charge < -0.3 is 19.7 Å². The zero-order chi connectivity index (χ0) is 20.3. The number of carbonyl (C=O) groups excluding carboxylic acids is 2. The van der Waals surface area contributed by atoms with E-state index in [1.807, 2.05) is 50.2 Å². The van der Waals surface area contributed by atoms with Crippen molar-refractivity contribution < 1.29 is 19.1 Å². The van der Waals surface area contributed by atoms with Gasteiger partial charge in [-0.05, 0) is 54.8 Å². The van der Waals surface area contributed by atoms with Crippen molar-refractivity contribution in [1.29, 1.82) is 0 Å². The number of nitrogens with zero attached hydrogens (tertiary/aromatic N) is 1. The second-order valence-corrected chi connectivity index (χ2v) is 7.15. The summed E-state index contributed by atoms with van der Waals surface area (Å²) in [5, 5.41) is 2.94. The Balaban J connectivity index is 1.64. The summed E-state index contributed by atoms with van der Waals surface area (Å²) in [7, 11) is 3.16. The van der Waals surface area contributed by atoms with Gasteiger partial charge in [0.25, 0.3) is 0 Å². The summed E-state index contributed by atoms with van der Waals surface area (Å²) in [6, 6.07) is 11.4. The highest BCUT2D eigenvalue weighted by Gasteiger charge is 2.34. The molecule has 3 rings (SSSR count). The van der Waals surface area contributed by atoms with Gasteiger partial charge in [0.2, 0.25) is 11.8 Å². The zero-order valence-electron chi connectivity index (χ0n) is 16.7. The van der Waals surface area contributed by atoms with Crippen LogP contribution < -0.4 is 14.8 Å². The Morgan fingerprint density at radius 1 is 1.07 bits per heavy atom. The minimum absolute atomic E-state index is 0.0185. The van der Waals surface area contributed by atoms with Gasteiger partial charge in [-0.2, -0.15) is 0 Å². The van der Waals surface area contributed by atoms with E-state index in [0.29, 0.717) is 24.6 Å². The summed E-state index contributed by atoms with van der Waals surface area (Å²) >= 11 is 0. The molecule has 0 spiro atoms. The number of ether oxygens (including phenoxy) is 2. The molecule has 2 aromatic carbocycles. The summed E-state index contributed by atoms with van der Waals surface area (Å²) in [5.41, 5.74) is 3.99. The van der Waals surface area contributed by atoms with Gasteiger partial charge in [0.15, 0.2) is 11.5 Å². The Kier molecular flexibility index (Phi) is 5.87. The fourth-order valence-corrected chi connectivity index (χ4v) is 3.36. The molecule has 1 unspecified atom stereocenters. The predicted octanol–water partition coefficient (Wildman–Crippen LogP) is 3.31. The molecule has 2 amide bonds. The molecule has 0 radical (unpaired) electrons. The monoisotopic (exact) mass is 382 g/mol. The van der Waals surface area contributed by atoms with Crippen LogP contribution in [-0.2, 0) is 16.1 Å². The quantitative estimate of drug-likeness (QED) is 0.832. The molecule has 1 aliphatic rings. The number of amides is 2. The highest BCUT2D eigenvalue weighted by atomic mass is 16.5. The van der Waals surface area contributed by atoms with Crippen molar-refractivity contribution in [2.75, 3.05) is 26.1 Å². The highest BCUT2D eigenvalue weighted by molar-refractivity contribution is 5.97. The summed E-state index contributed by atoms with van der Waals surface area (Å²) in [5.74, 6) is 0.774. The molecule has 0 saturated carbocycles. The van der Waals surface area contributed by atoms with Gasteiger partial charge in [-0.15, -0.1) is 0 Å². The summed E-state index contributed by atoms with van der Waals surface area (Å²) in [6.07, 6.45) is 0.226. The Morgan fingerprint density at radius 2 is 1.82 bits per heavy atom. The Bertz CT molecular complexity index is 894. The Morgan fingerprint density at radius 3 is 2.50 bits per heavy atom. The van der Waals surface area contributed by atoms with E-state index in [4.69, 9.17) is 9.47 Å². The van der Waals surface area contributed by atoms with Crippen LogP contribution in [0.1, 0.15) is 23.1 Å². The molecule has 1 atom stereocenters. The van der Waals surface area contributed by atoms with Gasteiger partial charge in [-0.25, -0.2) is 0 Å². The molecule has 1 saturated heterocycles. The molecule has 0 bridgehead atoms. The SMILES string of the molecule is COc1ccc(CN2CC(C(=O)Nc3ccc(C)c(C)c3)CC2=O)cc1OC. The largest absolute Gasteiger partial charge is 0.493 e. The summed E-state index contributed by atoms with van der Waals surface area (Å²) in [6.45, 7) is 4.88. The van der Waals surface area contributed by atoms with Crippen LogP contribution in [0.3, 0.4) is 0 Å². The molecule has 6 nitrogen and oxygen atoms in total. The maximum Gasteiger partial charge on any atom is 0.229 e. The number of rotatable bonds is 6. The lowest BCUT2D eigenvalue weighted by atomic mass is 10.1. The summed E-state index contributed by atoms with van der Waals surface area (Å²) < 4.78 is 10.6. The van der Waals surface area contributed by atoms with E-state index >= 15 is 0 Å². The number of hydrogen-bond donors (Lipinski definition) is 1. The number of hydrogen-bond acceptors (Lipinski definition) is 4. The van der Waals surface area contributed by atoms with Crippen molar-refractivity contribution in [2.24, 2.45) is 5.92 Å². The lowest BCUT2D eigenvalue weighted by Gasteiger charge is -2.18. The molecule has 0 aromatic heterocycles. The molecule has 6 heteroatoms. The number of methoxy groups -OCH3 is 2. The number of benzene rings is 2. The topological polar surface area (TPSA) is 67.9 Å². The van der Waals surface area contributed by atoms with E-state index in [9.17, 15) is 9.59 Å². The first-order chi connectivity index (χ1) is 13.4. The van der Waals surface area contributed by atoms with Crippen LogP contribution in [-0.4, -0.2) is 37.5 Å². The molecule has 1 aliphatic heterocycles. The second kappa shape index (κ2) is 8.33. The number of nitrogens with one attached hydrogen (secondary N) is 1. The van der Waals surface area contributed by atoms with Gasteiger partial charge in [0.1, 0.15) is 0 Å². The molecular formula is C22H26N2O4. The molecule has 1 heterocycles. The first-order valence-electron chi connectivity index (χ1n) is 9.28. The third-order valence-corrected chi connectivity index (χ3v) is 5.18. The van der Waals surface area contributed by atoms with Crippen LogP contribution in [0.2, 0.25) is 0 Å². The van der Waals surface area contributed by atoms with Gasteiger partial charge in [0.05, 0.1) is 20.1 Å². The van der Waals surface area contributed by atoms with Crippen molar-refractivity contribution in [1.82, 2.24) is 4.90 Å². The van der Waals surface area contributed by atoms with E-state index in [1.54, 1.807) is 19.1 Å². The van der Waals surface area contributed by atoms with Crippen molar-refractivity contribution in [3.63, 3.8) is 0 Å². The normalized spacial score (nSPS) is 16.2. The standard InChI is InChI=1S/C22H26N2O4/c1-14-5-7-18(9-15(14)2)23-22(26)17-11-21(25)24(13-17)12-16-6-8-19(27-3)20(10-16)28-4/h5-10,17H,11-13H2,1-4H3,(H,23,26). The fraction of sp³-hybridized carbons (Fsp3) is 0.364. The second-order valence-electron chi connectivity index (χ2n) is 7.15. The predicted molar refractivity (Wildman–Crippen MR) is 108 cm³/mol. The Labute approximate surface area is 165 Å². The lowest BCUT2D eigenvalue weighted by molar-refractivity contribution is -0.128. The molecule has 148 valence electrons. The molecule has 1 fully saturated rings. The molecule has 28 heavy (non-hydrogen) atoms. The zero-order valence-corrected chi connectivity index (χ0v) is 16.7. The van der Waals surface area contributed by atoms with E-state index < -0.39 is 0 Å². The van der Waals surface area contributed by atoms with Gasteiger partial charge >= 0.3 is 0 Å². The van der Waals surface area contributed by atoms with Crippen LogP contribution in [0.5, 0.6) is 11.5 Å². The number of carbonyl (C=O) groups is 2. The van der Waals surface area contributed by atoms with Crippen LogP contribution in [0.15, 0.2) is 36.4 Å². The first-order valence-corrected chi connectivity index (χ1v) is 9.28. The van der Waals surface area contributed by atoms with E-state index in [-0.39, 0.29) is 24.2 Å². The van der Waals surface area contributed by atoms with Crippen LogP contribution >= 0.6 is 0 Å². The minimum Gasteiger partial charge on any atom is -0.493 e. The maximum atomic E-state index is 12.6. The van der Waals surface area contributed by atoms with Crippen LogP contribution in [0, 0.1) is 19.8 Å². The van der Waals surface area contributed by atoms with Crippen molar-refractivity contribution >= 4 is 17.5 Å². The third kappa shape index (κ3) is 4.27. The maximum absolute atomic E-state index is 12.6. The smallest absolute Gasteiger partial charge is 0.229 e. The van der Waals surface area contributed by atoms with E-state index in [0.717, 1.165) is 16.8 Å². The average molecular weight is 382 g/mol. The van der Waals surface area contributed by atoms with Crippen molar-refractivity contribution in [3.8, 4) is 11.5 Å². The van der Waals surface area contributed by atoms with Crippen molar-refractivity contribution in [2.45, 2.75) is 26.8 Å². The van der Waals surface area contributed by atoms with E-state index in [2.05, 4.69) is 5.32 Å². The number of aryl methyl sites for hydroxylation is 2. The van der Waals surface area contributed by atoms with Crippen LogP contribution in [0.4, 0.5) is 5.69 Å². The molecular weight excluding hydrogens is 356 g/mol. The van der Waals surface area contributed by atoms with Crippen LogP contribution in [0.25, 0.3) is 0 Å². The minimum atomic E-state index is -0.353. The van der Waals surface area contributed by atoms with Gasteiger partial charge in [-0.1, -0.05) is 12.1 Å². The first kappa shape index (κ1) is 19.7. The average Bonchev–Trinajstić information content (AvgIpc) is 3.05. The number of likely N-dealkylation sites (tertiary alicyclic amines) is 1. The summed E-state index contributed by atoms with van der Waals surface area (Å²) in [4.78, 5) is 26.7. The molecule has 0 aliphatic carbocycles. The molecule has 1 N–H and O–H groups in total. The number of anilines is 1. The van der Waals surface area contributed by atoms with E-state index in [1.165, 1.54) is 5.56 Å². The van der Waals surface area contributed by atoms with Crippen molar-refractivity contribution in [3.05, 3.63) is 53.1 Å². The fourth-order valence-electron chi connectivity index (χ4n) is 3.36.